The summed E-state index contributed by atoms with van der Waals surface area (Å²) in [5.41, 5.74) is -2.40. The van der Waals surface area contributed by atoms with E-state index in [0.717, 1.165) is 6.92 Å². The first-order valence-electron chi connectivity index (χ1n) is 4.65. The molecule has 0 bridgehead atoms. The van der Waals surface area contributed by atoms with E-state index >= 15 is 0 Å². The first kappa shape index (κ1) is 12.3. The number of benzene rings is 1. The zero-order valence-corrected chi connectivity index (χ0v) is 9.07. The lowest BCUT2D eigenvalue weighted by molar-refractivity contribution is -0.151. The van der Waals surface area contributed by atoms with E-state index in [9.17, 15) is 9.18 Å². The van der Waals surface area contributed by atoms with Gasteiger partial charge in [-0.1, -0.05) is 6.07 Å². The van der Waals surface area contributed by atoms with Gasteiger partial charge in [-0.05, 0) is 19.1 Å². The Morgan fingerprint density at radius 3 is 2.69 bits per heavy atom. The van der Waals surface area contributed by atoms with Gasteiger partial charge in [0.15, 0.2) is 0 Å². The number of alkyl halides is 1. The highest BCUT2D eigenvalue weighted by atomic mass is 19.1. The summed E-state index contributed by atoms with van der Waals surface area (Å²) in [6, 6.07) is 6.53. The van der Waals surface area contributed by atoms with Gasteiger partial charge >= 0.3 is 5.97 Å². The maximum absolute atomic E-state index is 13.3. The molecule has 1 atom stereocenters. The van der Waals surface area contributed by atoms with E-state index in [2.05, 4.69) is 0 Å². The molecule has 0 radical (unpaired) electrons. The third kappa shape index (κ3) is 3.12. The van der Waals surface area contributed by atoms with Crippen molar-refractivity contribution in [1.29, 1.82) is 0 Å². The molecule has 16 heavy (non-hydrogen) atoms. The third-order valence-corrected chi connectivity index (χ3v) is 2.00. The molecule has 1 unspecified atom stereocenters. The molecule has 1 aromatic rings. The van der Waals surface area contributed by atoms with E-state index in [-0.39, 0.29) is 0 Å². The van der Waals surface area contributed by atoms with E-state index in [1.165, 1.54) is 7.11 Å². The van der Waals surface area contributed by atoms with Gasteiger partial charge in [-0.3, -0.25) is 0 Å². The molecule has 0 amide bonds. The largest absolute Gasteiger partial charge is 0.497 e. The van der Waals surface area contributed by atoms with E-state index in [0.29, 0.717) is 11.5 Å². The molecule has 1 aromatic carbocycles. The summed E-state index contributed by atoms with van der Waals surface area (Å²) in [4.78, 5) is 10.5. The van der Waals surface area contributed by atoms with Crippen LogP contribution in [0.1, 0.15) is 6.92 Å². The SMILES string of the molecule is COc1cccc(OCC(C)(F)C(=O)O)c1. The minimum Gasteiger partial charge on any atom is -0.497 e. The first-order valence-corrected chi connectivity index (χ1v) is 4.65. The quantitative estimate of drug-likeness (QED) is 0.836. The first-order chi connectivity index (χ1) is 7.45. The minimum absolute atomic E-state index is 0.365. The van der Waals surface area contributed by atoms with Gasteiger partial charge in [0.1, 0.15) is 18.1 Å². The zero-order chi connectivity index (χ0) is 12.2. The van der Waals surface area contributed by atoms with Crippen LogP contribution in [0.5, 0.6) is 11.5 Å². The molecule has 0 aliphatic rings. The minimum atomic E-state index is -2.40. The van der Waals surface area contributed by atoms with Crippen molar-refractivity contribution in [2.24, 2.45) is 0 Å². The van der Waals surface area contributed by atoms with Crippen LogP contribution in [0.2, 0.25) is 0 Å². The topological polar surface area (TPSA) is 55.8 Å². The molecule has 88 valence electrons. The molecule has 0 saturated heterocycles. The van der Waals surface area contributed by atoms with E-state index in [1.54, 1.807) is 24.3 Å². The molecular formula is C11H13FO4. The second kappa shape index (κ2) is 4.83. The molecule has 0 aromatic heterocycles. The van der Waals surface area contributed by atoms with Gasteiger partial charge in [-0.15, -0.1) is 0 Å². The van der Waals surface area contributed by atoms with Crippen molar-refractivity contribution < 1.29 is 23.8 Å². The molecule has 0 heterocycles. The van der Waals surface area contributed by atoms with Crippen LogP contribution in [0.25, 0.3) is 0 Å². The van der Waals surface area contributed by atoms with Gasteiger partial charge in [0.25, 0.3) is 0 Å². The molecule has 0 saturated carbocycles. The summed E-state index contributed by atoms with van der Waals surface area (Å²) in [6.07, 6.45) is 0. The van der Waals surface area contributed by atoms with Gasteiger partial charge in [0.2, 0.25) is 5.67 Å². The highest BCUT2D eigenvalue weighted by Crippen LogP contribution is 2.21. The van der Waals surface area contributed by atoms with Crippen molar-refractivity contribution in [2.75, 3.05) is 13.7 Å². The lowest BCUT2D eigenvalue weighted by Gasteiger charge is -2.16. The van der Waals surface area contributed by atoms with E-state index in [1.807, 2.05) is 0 Å². The second-order valence-electron chi connectivity index (χ2n) is 3.47. The number of rotatable bonds is 5. The van der Waals surface area contributed by atoms with Crippen LogP contribution >= 0.6 is 0 Å². The Morgan fingerprint density at radius 2 is 2.12 bits per heavy atom. The number of methoxy groups -OCH3 is 1. The number of carbonyl (C=O) groups is 1. The van der Waals surface area contributed by atoms with Crippen LogP contribution < -0.4 is 9.47 Å². The molecule has 4 nitrogen and oxygen atoms in total. The van der Waals surface area contributed by atoms with Crippen LogP contribution in [0.3, 0.4) is 0 Å². The fourth-order valence-electron chi connectivity index (χ4n) is 0.972. The molecule has 1 N–H and O–H groups in total. The van der Waals surface area contributed by atoms with Crippen LogP contribution in [-0.4, -0.2) is 30.5 Å². The molecule has 0 fully saturated rings. The van der Waals surface area contributed by atoms with Gasteiger partial charge in [-0.25, -0.2) is 9.18 Å². The summed E-state index contributed by atoms with van der Waals surface area (Å²) in [6.45, 7) is 0.408. The van der Waals surface area contributed by atoms with Gasteiger partial charge in [-0.2, -0.15) is 0 Å². The smallest absolute Gasteiger partial charge is 0.344 e. The lowest BCUT2D eigenvalue weighted by Crippen LogP contribution is -2.36. The van der Waals surface area contributed by atoms with Crippen molar-refractivity contribution in [3.63, 3.8) is 0 Å². The Hall–Kier alpha value is -1.78. The Morgan fingerprint density at radius 1 is 1.50 bits per heavy atom. The van der Waals surface area contributed by atoms with Gasteiger partial charge < -0.3 is 14.6 Å². The second-order valence-corrected chi connectivity index (χ2v) is 3.47. The van der Waals surface area contributed by atoms with Crippen molar-refractivity contribution >= 4 is 5.97 Å². The lowest BCUT2D eigenvalue weighted by atomic mass is 10.1. The monoisotopic (exact) mass is 228 g/mol. The average molecular weight is 228 g/mol. The Labute approximate surface area is 92.6 Å². The maximum atomic E-state index is 13.3. The summed E-state index contributed by atoms with van der Waals surface area (Å²) < 4.78 is 23.3. The van der Waals surface area contributed by atoms with Crippen molar-refractivity contribution in [3.05, 3.63) is 24.3 Å². The zero-order valence-electron chi connectivity index (χ0n) is 9.07. The van der Waals surface area contributed by atoms with Crippen LogP contribution in [-0.2, 0) is 4.79 Å². The maximum Gasteiger partial charge on any atom is 0.344 e. The summed E-state index contributed by atoms with van der Waals surface area (Å²) >= 11 is 0. The predicted octanol–water partition coefficient (Wildman–Crippen LogP) is 1.89. The average Bonchev–Trinajstić information content (AvgIpc) is 2.26. The van der Waals surface area contributed by atoms with Gasteiger partial charge in [0, 0.05) is 6.07 Å². The van der Waals surface area contributed by atoms with E-state index in [4.69, 9.17) is 14.6 Å². The number of carboxylic acids is 1. The highest BCUT2D eigenvalue weighted by molar-refractivity contribution is 5.76. The number of halogens is 1. The molecular weight excluding hydrogens is 215 g/mol. The number of hydrogen-bond acceptors (Lipinski definition) is 3. The van der Waals surface area contributed by atoms with Crippen molar-refractivity contribution in [1.82, 2.24) is 0 Å². The van der Waals surface area contributed by atoms with Gasteiger partial charge in [0.05, 0.1) is 7.11 Å². The fraction of sp³-hybridized carbons (Fsp3) is 0.364. The standard InChI is InChI=1S/C11H13FO4/c1-11(12,10(13)14)7-16-9-5-3-4-8(6-9)15-2/h3-6H,7H2,1-2H3,(H,13,14). The Bertz CT molecular complexity index is 376. The number of carboxylic acid groups (broad SMARTS) is 1. The molecule has 0 spiro atoms. The normalized spacial score (nSPS) is 13.9. The molecule has 5 heteroatoms. The summed E-state index contributed by atoms with van der Waals surface area (Å²) in [5.74, 6) is -0.617. The Kier molecular flexibility index (Phi) is 3.71. The van der Waals surface area contributed by atoms with E-state index < -0.39 is 18.2 Å². The summed E-state index contributed by atoms with van der Waals surface area (Å²) in [5, 5.41) is 8.54. The molecule has 0 aliphatic heterocycles. The predicted molar refractivity (Wildman–Crippen MR) is 55.6 cm³/mol. The van der Waals surface area contributed by atoms with Crippen LogP contribution in [0, 0.1) is 0 Å². The van der Waals surface area contributed by atoms with Crippen molar-refractivity contribution in [2.45, 2.75) is 12.6 Å². The fourth-order valence-corrected chi connectivity index (χ4v) is 0.972. The van der Waals surface area contributed by atoms with Crippen LogP contribution in [0.4, 0.5) is 4.39 Å². The number of aliphatic carboxylic acids is 1. The van der Waals surface area contributed by atoms with Crippen molar-refractivity contribution in [3.8, 4) is 11.5 Å². The number of ether oxygens (including phenoxy) is 2. The third-order valence-electron chi connectivity index (χ3n) is 2.00. The molecule has 0 aliphatic carbocycles. The highest BCUT2D eigenvalue weighted by Gasteiger charge is 2.33. The Balaban J connectivity index is 2.64. The van der Waals surface area contributed by atoms with Crippen LogP contribution in [0.15, 0.2) is 24.3 Å². The number of hydrogen-bond donors (Lipinski definition) is 1. The summed E-state index contributed by atoms with van der Waals surface area (Å²) in [7, 11) is 1.50. The molecule has 1 rings (SSSR count).